The number of benzene rings is 3. The standard InChI is InChI=1S/C30H34FN3O2/c1-21-7-6-10-24(17-21)30(36)34(19-22-11-13-26(31)14-12-22)20-25-18-27(15-16-28(25)33(2)3)32-29(35)23-8-4-5-9-23/h6-7,10-18,23H,4-5,8-9,19-20H2,1-3H3,(H,32,35). The van der Waals surface area contributed by atoms with Crippen molar-refractivity contribution in [2.75, 3.05) is 24.3 Å². The van der Waals surface area contributed by atoms with Crippen LogP contribution >= 0.6 is 0 Å². The normalized spacial score (nSPS) is 13.4. The van der Waals surface area contributed by atoms with Crippen LogP contribution in [0.25, 0.3) is 0 Å². The molecule has 6 heteroatoms. The second kappa shape index (κ2) is 11.4. The molecule has 0 spiro atoms. The molecule has 0 bridgehead atoms. The molecule has 0 aromatic heterocycles. The van der Waals surface area contributed by atoms with Crippen molar-refractivity contribution in [3.63, 3.8) is 0 Å². The first-order valence-electron chi connectivity index (χ1n) is 12.5. The number of anilines is 2. The number of aryl methyl sites for hydroxylation is 1. The first-order valence-corrected chi connectivity index (χ1v) is 12.5. The fourth-order valence-electron chi connectivity index (χ4n) is 4.83. The summed E-state index contributed by atoms with van der Waals surface area (Å²) in [6.07, 6.45) is 4.07. The minimum absolute atomic E-state index is 0.0649. The van der Waals surface area contributed by atoms with E-state index in [0.717, 1.165) is 53.7 Å². The summed E-state index contributed by atoms with van der Waals surface area (Å²) in [5.41, 5.74) is 5.08. The largest absolute Gasteiger partial charge is 0.377 e. The number of hydrogen-bond donors (Lipinski definition) is 1. The predicted molar refractivity (Wildman–Crippen MR) is 143 cm³/mol. The Hall–Kier alpha value is -3.67. The van der Waals surface area contributed by atoms with E-state index >= 15 is 0 Å². The van der Waals surface area contributed by atoms with E-state index in [-0.39, 0.29) is 23.5 Å². The monoisotopic (exact) mass is 487 g/mol. The molecule has 1 fully saturated rings. The van der Waals surface area contributed by atoms with Crippen LogP contribution in [0.1, 0.15) is 52.7 Å². The van der Waals surface area contributed by atoms with Gasteiger partial charge >= 0.3 is 0 Å². The maximum Gasteiger partial charge on any atom is 0.254 e. The molecule has 5 nitrogen and oxygen atoms in total. The lowest BCUT2D eigenvalue weighted by Gasteiger charge is -2.27. The molecule has 1 saturated carbocycles. The molecule has 3 aromatic carbocycles. The van der Waals surface area contributed by atoms with Crippen LogP contribution in [-0.4, -0.2) is 30.8 Å². The van der Waals surface area contributed by atoms with Gasteiger partial charge in [0.2, 0.25) is 5.91 Å². The molecule has 0 atom stereocenters. The third-order valence-electron chi connectivity index (χ3n) is 6.75. The smallest absolute Gasteiger partial charge is 0.254 e. The maximum absolute atomic E-state index is 13.7. The highest BCUT2D eigenvalue weighted by atomic mass is 19.1. The number of nitrogens with zero attached hydrogens (tertiary/aromatic N) is 2. The van der Waals surface area contributed by atoms with E-state index < -0.39 is 0 Å². The fraction of sp³-hybridized carbons (Fsp3) is 0.333. The zero-order chi connectivity index (χ0) is 25.7. The van der Waals surface area contributed by atoms with Crippen molar-refractivity contribution < 1.29 is 14.0 Å². The number of carbonyl (C=O) groups is 2. The van der Waals surface area contributed by atoms with Crippen molar-refractivity contribution in [2.24, 2.45) is 5.92 Å². The summed E-state index contributed by atoms with van der Waals surface area (Å²) in [6.45, 7) is 2.63. The Morgan fingerprint density at radius 3 is 2.33 bits per heavy atom. The van der Waals surface area contributed by atoms with Gasteiger partial charge in [-0.1, -0.05) is 42.7 Å². The van der Waals surface area contributed by atoms with Gasteiger partial charge in [0.05, 0.1) is 0 Å². The van der Waals surface area contributed by atoms with Crippen LogP contribution in [0.2, 0.25) is 0 Å². The number of halogens is 1. The lowest BCUT2D eigenvalue weighted by Crippen LogP contribution is -2.31. The van der Waals surface area contributed by atoms with Crippen molar-refractivity contribution in [2.45, 2.75) is 45.7 Å². The molecule has 1 aliphatic rings. The quantitative estimate of drug-likeness (QED) is 0.413. The van der Waals surface area contributed by atoms with Crippen LogP contribution in [0.5, 0.6) is 0 Å². The average Bonchev–Trinajstić information content (AvgIpc) is 3.40. The number of rotatable bonds is 8. The number of carbonyl (C=O) groups excluding carboxylic acids is 2. The van der Waals surface area contributed by atoms with E-state index in [4.69, 9.17) is 0 Å². The van der Waals surface area contributed by atoms with Gasteiger partial charge < -0.3 is 15.1 Å². The predicted octanol–water partition coefficient (Wildman–Crippen LogP) is 6.17. The van der Waals surface area contributed by atoms with Crippen LogP contribution in [0.3, 0.4) is 0 Å². The van der Waals surface area contributed by atoms with Gasteiger partial charge in [-0.25, -0.2) is 4.39 Å². The van der Waals surface area contributed by atoms with E-state index in [1.807, 2.05) is 68.4 Å². The number of amides is 2. The molecule has 0 saturated heterocycles. The van der Waals surface area contributed by atoms with Crippen LogP contribution in [0.15, 0.2) is 66.7 Å². The third kappa shape index (κ3) is 6.30. The van der Waals surface area contributed by atoms with Crippen LogP contribution in [-0.2, 0) is 17.9 Å². The fourth-order valence-corrected chi connectivity index (χ4v) is 4.83. The van der Waals surface area contributed by atoms with E-state index in [2.05, 4.69) is 5.32 Å². The molecule has 188 valence electrons. The summed E-state index contributed by atoms with van der Waals surface area (Å²) < 4.78 is 13.5. The molecule has 1 aliphatic carbocycles. The van der Waals surface area contributed by atoms with Gasteiger partial charge in [-0.05, 0) is 73.4 Å². The van der Waals surface area contributed by atoms with Gasteiger partial charge in [0.1, 0.15) is 5.82 Å². The van der Waals surface area contributed by atoms with Gasteiger partial charge in [0, 0.05) is 50.0 Å². The van der Waals surface area contributed by atoms with Crippen molar-refractivity contribution >= 4 is 23.2 Å². The highest BCUT2D eigenvalue weighted by Crippen LogP contribution is 2.29. The van der Waals surface area contributed by atoms with E-state index in [0.29, 0.717) is 18.7 Å². The van der Waals surface area contributed by atoms with Gasteiger partial charge in [-0.2, -0.15) is 0 Å². The van der Waals surface area contributed by atoms with Gasteiger partial charge in [-0.3, -0.25) is 9.59 Å². The van der Waals surface area contributed by atoms with E-state index in [1.54, 1.807) is 17.0 Å². The SMILES string of the molecule is Cc1cccc(C(=O)N(Cc2ccc(F)cc2)Cc2cc(NC(=O)C3CCCC3)ccc2N(C)C)c1. The molecule has 2 amide bonds. The zero-order valence-electron chi connectivity index (χ0n) is 21.3. The van der Waals surface area contributed by atoms with Gasteiger partial charge in [0.25, 0.3) is 5.91 Å². The summed E-state index contributed by atoms with van der Waals surface area (Å²) in [5, 5.41) is 3.09. The summed E-state index contributed by atoms with van der Waals surface area (Å²) in [5.74, 6) is -0.279. The highest BCUT2D eigenvalue weighted by Gasteiger charge is 2.24. The molecule has 36 heavy (non-hydrogen) atoms. The number of hydrogen-bond acceptors (Lipinski definition) is 3. The average molecular weight is 488 g/mol. The van der Waals surface area contributed by atoms with Crippen molar-refractivity contribution in [1.29, 1.82) is 0 Å². The molecule has 0 heterocycles. The Balaban J connectivity index is 1.65. The first kappa shape index (κ1) is 25.4. The Morgan fingerprint density at radius 2 is 1.67 bits per heavy atom. The molecule has 4 rings (SSSR count). The molecule has 0 radical (unpaired) electrons. The molecular weight excluding hydrogens is 453 g/mol. The lowest BCUT2D eigenvalue weighted by molar-refractivity contribution is -0.119. The lowest BCUT2D eigenvalue weighted by atomic mass is 10.1. The highest BCUT2D eigenvalue weighted by molar-refractivity contribution is 5.95. The summed E-state index contributed by atoms with van der Waals surface area (Å²) in [6, 6.07) is 19.6. The van der Waals surface area contributed by atoms with Crippen LogP contribution in [0.4, 0.5) is 15.8 Å². The second-order valence-electron chi connectivity index (χ2n) is 9.87. The van der Waals surface area contributed by atoms with Gasteiger partial charge in [-0.15, -0.1) is 0 Å². The van der Waals surface area contributed by atoms with E-state index in [1.165, 1.54) is 12.1 Å². The minimum atomic E-state index is -0.309. The van der Waals surface area contributed by atoms with Crippen molar-refractivity contribution in [3.05, 3.63) is 94.8 Å². The summed E-state index contributed by atoms with van der Waals surface area (Å²) in [4.78, 5) is 30.2. The number of nitrogens with one attached hydrogen (secondary N) is 1. The minimum Gasteiger partial charge on any atom is -0.377 e. The first-order chi connectivity index (χ1) is 17.3. The third-order valence-corrected chi connectivity index (χ3v) is 6.75. The Morgan fingerprint density at radius 1 is 0.944 bits per heavy atom. The van der Waals surface area contributed by atoms with Crippen molar-refractivity contribution in [1.82, 2.24) is 4.90 Å². The molecular formula is C30H34FN3O2. The summed E-state index contributed by atoms with van der Waals surface area (Å²) in [7, 11) is 3.92. The van der Waals surface area contributed by atoms with Crippen molar-refractivity contribution in [3.8, 4) is 0 Å². The topological polar surface area (TPSA) is 52.7 Å². The molecule has 0 aliphatic heterocycles. The Kier molecular flexibility index (Phi) is 8.04. The van der Waals surface area contributed by atoms with Crippen LogP contribution < -0.4 is 10.2 Å². The summed E-state index contributed by atoms with van der Waals surface area (Å²) >= 11 is 0. The zero-order valence-corrected chi connectivity index (χ0v) is 21.3. The van der Waals surface area contributed by atoms with Crippen LogP contribution in [0, 0.1) is 18.7 Å². The molecule has 3 aromatic rings. The Labute approximate surface area is 212 Å². The Bertz CT molecular complexity index is 1220. The van der Waals surface area contributed by atoms with E-state index in [9.17, 15) is 14.0 Å². The van der Waals surface area contributed by atoms with Gasteiger partial charge in [0.15, 0.2) is 0 Å². The molecule has 1 N–H and O–H groups in total. The molecule has 0 unspecified atom stereocenters. The second-order valence-corrected chi connectivity index (χ2v) is 9.87. The maximum atomic E-state index is 13.7.